The van der Waals surface area contributed by atoms with Crippen LogP contribution in [0.25, 0.3) is 21.8 Å². The molecule has 1 aromatic heterocycles. The van der Waals surface area contributed by atoms with Gasteiger partial charge in [-0.15, -0.1) is 0 Å². The van der Waals surface area contributed by atoms with Crippen molar-refractivity contribution in [2.45, 2.75) is 13.0 Å². The zero-order valence-electron chi connectivity index (χ0n) is 17.3. The third-order valence-electron chi connectivity index (χ3n) is 5.16. The minimum Gasteiger partial charge on any atom is -0.497 e. The van der Waals surface area contributed by atoms with Crippen molar-refractivity contribution in [2.24, 2.45) is 0 Å². The summed E-state index contributed by atoms with van der Waals surface area (Å²) in [4.78, 5) is 4.76. The van der Waals surface area contributed by atoms with E-state index in [0.29, 0.717) is 10.6 Å². The molecule has 0 atom stereocenters. The Morgan fingerprint density at radius 3 is 2.74 bits per heavy atom. The number of rotatable bonds is 8. The second-order valence-electron chi connectivity index (χ2n) is 7.30. The fourth-order valence-corrected chi connectivity index (χ4v) is 3.79. The van der Waals surface area contributed by atoms with Gasteiger partial charge < -0.3 is 15.4 Å². The molecule has 0 radical (unpaired) electrons. The average molecular weight is 431 g/mol. The molecule has 0 aliphatic carbocycles. The van der Waals surface area contributed by atoms with E-state index >= 15 is 0 Å². The molecule has 0 saturated heterocycles. The molecule has 0 bridgehead atoms. The van der Waals surface area contributed by atoms with E-state index in [1.807, 2.05) is 60.7 Å². The first kappa shape index (κ1) is 20.9. The van der Waals surface area contributed by atoms with Gasteiger partial charge in [-0.25, -0.2) is 4.98 Å². The Labute approximate surface area is 186 Å². The van der Waals surface area contributed by atoms with Crippen molar-refractivity contribution in [1.29, 1.82) is 5.26 Å². The number of nitriles is 1. The molecule has 1 heterocycles. The summed E-state index contributed by atoms with van der Waals surface area (Å²) in [6, 6.07) is 21.5. The lowest BCUT2D eigenvalue weighted by atomic mass is 10.1. The van der Waals surface area contributed by atoms with Crippen LogP contribution in [0.4, 0.5) is 5.69 Å². The first-order chi connectivity index (χ1) is 15.2. The molecule has 156 valence electrons. The zero-order valence-corrected chi connectivity index (χ0v) is 18.0. The minimum absolute atomic E-state index is 0.670. The second-order valence-corrected chi connectivity index (χ2v) is 7.74. The highest BCUT2D eigenvalue weighted by Crippen LogP contribution is 2.34. The smallest absolute Gasteiger partial charge is 0.119 e. The summed E-state index contributed by atoms with van der Waals surface area (Å²) in [7, 11) is 1.67. The van der Waals surface area contributed by atoms with Crippen LogP contribution in [-0.2, 0) is 6.54 Å². The van der Waals surface area contributed by atoms with Crippen molar-refractivity contribution >= 4 is 39.1 Å². The molecule has 4 aromatic rings. The fourth-order valence-electron chi connectivity index (χ4n) is 3.62. The highest BCUT2D eigenvalue weighted by Gasteiger charge is 2.10. The van der Waals surface area contributed by atoms with Crippen LogP contribution < -0.4 is 15.4 Å². The number of nitrogens with zero attached hydrogens (tertiary/aromatic N) is 2. The molecule has 5 nitrogen and oxygen atoms in total. The molecule has 0 saturated carbocycles. The van der Waals surface area contributed by atoms with Gasteiger partial charge in [-0.1, -0.05) is 23.7 Å². The SMILES string of the molecule is COc1ccc2nc3cc(Cl)ccc3c(NCCCNCc3cccc(C#N)c3)c2c1. The van der Waals surface area contributed by atoms with Crippen molar-refractivity contribution < 1.29 is 4.74 Å². The summed E-state index contributed by atoms with van der Waals surface area (Å²) < 4.78 is 5.42. The van der Waals surface area contributed by atoms with Crippen LogP contribution in [0.3, 0.4) is 0 Å². The first-order valence-electron chi connectivity index (χ1n) is 10.2. The number of hydrogen-bond acceptors (Lipinski definition) is 5. The molecule has 0 unspecified atom stereocenters. The van der Waals surface area contributed by atoms with E-state index in [9.17, 15) is 0 Å². The zero-order chi connectivity index (χ0) is 21.6. The van der Waals surface area contributed by atoms with Gasteiger partial charge in [-0.2, -0.15) is 5.26 Å². The quantitative estimate of drug-likeness (QED) is 0.285. The molecular formula is C25H23ClN4O. The Morgan fingerprint density at radius 2 is 1.90 bits per heavy atom. The minimum atomic E-state index is 0.670. The molecule has 0 fully saturated rings. The summed E-state index contributed by atoms with van der Waals surface area (Å²) in [5.41, 5.74) is 4.60. The highest BCUT2D eigenvalue weighted by atomic mass is 35.5. The molecule has 0 aliphatic heterocycles. The van der Waals surface area contributed by atoms with Crippen molar-refractivity contribution in [3.8, 4) is 11.8 Å². The topological polar surface area (TPSA) is 70.0 Å². The van der Waals surface area contributed by atoms with Crippen LogP contribution in [0.5, 0.6) is 5.75 Å². The fraction of sp³-hybridized carbons (Fsp3) is 0.200. The van der Waals surface area contributed by atoms with Crippen molar-refractivity contribution in [2.75, 3.05) is 25.5 Å². The predicted molar refractivity (Wildman–Crippen MR) is 127 cm³/mol. The van der Waals surface area contributed by atoms with Crippen molar-refractivity contribution in [3.05, 3.63) is 76.8 Å². The van der Waals surface area contributed by atoms with Crippen LogP contribution in [-0.4, -0.2) is 25.2 Å². The summed E-state index contributed by atoms with van der Waals surface area (Å²) in [5.74, 6) is 0.798. The Balaban J connectivity index is 1.45. The van der Waals surface area contributed by atoms with Gasteiger partial charge in [-0.05, 0) is 67.1 Å². The molecular weight excluding hydrogens is 408 g/mol. The summed E-state index contributed by atoms with van der Waals surface area (Å²) in [6.45, 7) is 2.41. The largest absolute Gasteiger partial charge is 0.497 e. The normalized spacial score (nSPS) is 10.9. The number of fused-ring (bicyclic) bond motifs is 2. The summed E-state index contributed by atoms with van der Waals surface area (Å²) in [5, 5.41) is 18.8. The van der Waals surface area contributed by atoms with Crippen molar-refractivity contribution in [1.82, 2.24) is 10.3 Å². The highest BCUT2D eigenvalue weighted by molar-refractivity contribution is 6.31. The Morgan fingerprint density at radius 1 is 1.00 bits per heavy atom. The van der Waals surface area contributed by atoms with E-state index in [4.69, 9.17) is 26.6 Å². The first-order valence-corrected chi connectivity index (χ1v) is 10.6. The maximum Gasteiger partial charge on any atom is 0.119 e. The molecule has 6 heteroatoms. The van der Waals surface area contributed by atoms with Crippen LogP contribution in [0, 0.1) is 11.3 Å². The lowest BCUT2D eigenvalue weighted by molar-refractivity contribution is 0.415. The number of halogens is 1. The number of anilines is 1. The maximum absolute atomic E-state index is 9.01. The van der Waals surface area contributed by atoms with Crippen LogP contribution >= 0.6 is 11.6 Å². The monoisotopic (exact) mass is 430 g/mol. The molecule has 4 rings (SSSR count). The van der Waals surface area contributed by atoms with E-state index in [1.165, 1.54) is 0 Å². The maximum atomic E-state index is 9.01. The standard InChI is InChI=1S/C25H23ClN4O/c1-31-20-7-9-23-22(14-20)25(21-8-6-19(26)13-24(21)30-23)29-11-3-10-28-16-18-5-2-4-17(12-18)15-27/h2,4-9,12-14,28H,3,10-11,16H2,1H3,(H,29,30). The Kier molecular flexibility index (Phi) is 6.51. The van der Waals surface area contributed by atoms with Crippen LogP contribution in [0.1, 0.15) is 17.5 Å². The van der Waals surface area contributed by atoms with Crippen LogP contribution in [0.15, 0.2) is 60.7 Å². The predicted octanol–water partition coefficient (Wildman–Crippen LogP) is 5.51. The number of nitrogens with one attached hydrogen (secondary N) is 2. The van der Waals surface area contributed by atoms with E-state index < -0.39 is 0 Å². The van der Waals surface area contributed by atoms with E-state index in [1.54, 1.807) is 7.11 Å². The summed E-state index contributed by atoms with van der Waals surface area (Å²) >= 11 is 6.19. The summed E-state index contributed by atoms with van der Waals surface area (Å²) in [6.07, 6.45) is 0.945. The van der Waals surface area contributed by atoms with Gasteiger partial charge in [0, 0.05) is 28.9 Å². The Hall–Kier alpha value is -3.33. The van der Waals surface area contributed by atoms with E-state index in [0.717, 1.165) is 64.9 Å². The van der Waals surface area contributed by atoms with Gasteiger partial charge in [0.2, 0.25) is 0 Å². The molecule has 3 aromatic carbocycles. The lowest BCUT2D eigenvalue weighted by Gasteiger charge is -2.14. The van der Waals surface area contributed by atoms with E-state index in [-0.39, 0.29) is 0 Å². The number of aromatic nitrogens is 1. The Bertz CT molecular complexity index is 1270. The van der Waals surface area contributed by atoms with Gasteiger partial charge in [-0.3, -0.25) is 0 Å². The van der Waals surface area contributed by atoms with Crippen molar-refractivity contribution in [3.63, 3.8) is 0 Å². The molecule has 2 N–H and O–H groups in total. The molecule has 0 aliphatic rings. The number of benzene rings is 3. The molecule has 31 heavy (non-hydrogen) atoms. The third kappa shape index (κ3) is 4.88. The molecule has 0 spiro atoms. The third-order valence-corrected chi connectivity index (χ3v) is 5.40. The van der Waals surface area contributed by atoms with Crippen LogP contribution in [0.2, 0.25) is 5.02 Å². The number of hydrogen-bond donors (Lipinski definition) is 2. The van der Waals surface area contributed by atoms with Gasteiger partial charge in [0.05, 0.1) is 35.5 Å². The second kappa shape index (κ2) is 9.65. The van der Waals surface area contributed by atoms with Gasteiger partial charge in [0.15, 0.2) is 0 Å². The van der Waals surface area contributed by atoms with Gasteiger partial charge in [0.25, 0.3) is 0 Å². The average Bonchev–Trinajstić information content (AvgIpc) is 2.80. The van der Waals surface area contributed by atoms with Gasteiger partial charge in [0.1, 0.15) is 5.75 Å². The van der Waals surface area contributed by atoms with E-state index in [2.05, 4.69) is 16.7 Å². The lowest BCUT2D eigenvalue weighted by Crippen LogP contribution is -2.17. The molecule has 0 amide bonds. The van der Waals surface area contributed by atoms with Gasteiger partial charge >= 0.3 is 0 Å². The number of ether oxygens (including phenoxy) is 1. The number of pyridine rings is 1. The number of methoxy groups -OCH3 is 1.